The van der Waals surface area contributed by atoms with Crippen LogP contribution in [0.3, 0.4) is 0 Å². The second-order valence-corrected chi connectivity index (χ2v) is 6.21. The molecule has 1 amide bonds. The van der Waals surface area contributed by atoms with Gasteiger partial charge in [0.15, 0.2) is 0 Å². The van der Waals surface area contributed by atoms with Crippen molar-refractivity contribution in [2.75, 3.05) is 19.4 Å². The summed E-state index contributed by atoms with van der Waals surface area (Å²) in [5.41, 5.74) is 2.22. The van der Waals surface area contributed by atoms with Gasteiger partial charge in [-0.3, -0.25) is 4.79 Å². The Labute approximate surface area is 140 Å². The first kappa shape index (κ1) is 17.3. The summed E-state index contributed by atoms with van der Waals surface area (Å²) >= 11 is 1.58. The molecule has 122 valence electrons. The van der Waals surface area contributed by atoms with Gasteiger partial charge >= 0.3 is 0 Å². The number of rotatable bonds is 7. The van der Waals surface area contributed by atoms with Crippen LogP contribution in [0.15, 0.2) is 42.5 Å². The van der Waals surface area contributed by atoms with Crippen LogP contribution < -0.4 is 10.1 Å². The largest absolute Gasteiger partial charge is 0.496 e. The molecule has 0 aliphatic heterocycles. The molecule has 0 saturated heterocycles. The van der Waals surface area contributed by atoms with Crippen molar-refractivity contribution in [1.82, 2.24) is 5.32 Å². The molecule has 0 aliphatic rings. The lowest BCUT2D eigenvalue weighted by Gasteiger charge is -2.10. The van der Waals surface area contributed by atoms with Gasteiger partial charge in [0.05, 0.1) is 12.7 Å². The molecule has 0 fully saturated rings. The predicted molar refractivity (Wildman–Crippen MR) is 92.6 cm³/mol. The number of aryl methyl sites for hydroxylation is 1. The third-order valence-electron chi connectivity index (χ3n) is 3.35. The van der Waals surface area contributed by atoms with E-state index in [1.807, 2.05) is 19.1 Å². The molecule has 0 bridgehead atoms. The first-order chi connectivity index (χ1) is 11.1. The fraction of sp³-hybridized carbons (Fsp3) is 0.278. The van der Waals surface area contributed by atoms with Gasteiger partial charge in [0.25, 0.3) is 5.91 Å². The molecule has 0 aliphatic carbocycles. The zero-order valence-electron chi connectivity index (χ0n) is 13.3. The van der Waals surface area contributed by atoms with E-state index in [2.05, 4.69) is 5.32 Å². The summed E-state index contributed by atoms with van der Waals surface area (Å²) in [5.74, 6) is 1.53. The number of hydrogen-bond acceptors (Lipinski definition) is 3. The molecule has 0 radical (unpaired) electrons. The Morgan fingerprint density at radius 2 is 2.04 bits per heavy atom. The highest BCUT2D eigenvalue weighted by Gasteiger charge is 2.11. The maximum atomic E-state index is 13.5. The average molecular weight is 333 g/mol. The SMILES string of the molecule is COc1ccc(C)cc1C(=O)NCCSCc1ccccc1F. The molecule has 5 heteroatoms. The molecule has 0 saturated carbocycles. The minimum Gasteiger partial charge on any atom is -0.496 e. The molecule has 2 aromatic rings. The van der Waals surface area contributed by atoms with E-state index >= 15 is 0 Å². The fourth-order valence-electron chi connectivity index (χ4n) is 2.13. The highest BCUT2D eigenvalue weighted by atomic mass is 32.2. The Morgan fingerprint density at radius 3 is 2.78 bits per heavy atom. The average Bonchev–Trinajstić information content (AvgIpc) is 2.56. The first-order valence-electron chi connectivity index (χ1n) is 7.36. The second kappa shape index (κ2) is 8.58. The molecule has 0 unspecified atom stereocenters. The molecular formula is C18H20FNO2S. The van der Waals surface area contributed by atoms with Gasteiger partial charge in [-0.1, -0.05) is 29.8 Å². The van der Waals surface area contributed by atoms with Crippen molar-refractivity contribution in [2.24, 2.45) is 0 Å². The summed E-state index contributed by atoms with van der Waals surface area (Å²) in [5, 5.41) is 2.87. The van der Waals surface area contributed by atoms with E-state index in [-0.39, 0.29) is 11.7 Å². The number of carbonyl (C=O) groups excluding carboxylic acids is 1. The highest BCUT2D eigenvalue weighted by Crippen LogP contribution is 2.19. The second-order valence-electron chi connectivity index (χ2n) is 5.10. The van der Waals surface area contributed by atoms with E-state index in [1.165, 1.54) is 6.07 Å². The van der Waals surface area contributed by atoms with E-state index in [4.69, 9.17) is 4.74 Å². The molecule has 1 N–H and O–H groups in total. The number of ether oxygens (including phenoxy) is 1. The summed E-state index contributed by atoms with van der Waals surface area (Å²) in [6.07, 6.45) is 0. The Morgan fingerprint density at radius 1 is 1.26 bits per heavy atom. The van der Waals surface area contributed by atoms with Gasteiger partial charge in [0.1, 0.15) is 11.6 Å². The lowest BCUT2D eigenvalue weighted by Crippen LogP contribution is -2.26. The number of thioether (sulfide) groups is 1. The molecule has 0 aromatic heterocycles. The summed E-state index contributed by atoms with van der Waals surface area (Å²) < 4.78 is 18.7. The molecule has 2 rings (SSSR count). The Hall–Kier alpha value is -2.01. The van der Waals surface area contributed by atoms with Gasteiger partial charge in [-0.05, 0) is 30.7 Å². The van der Waals surface area contributed by atoms with Crippen LogP contribution in [-0.4, -0.2) is 25.3 Å². The van der Waals surface area contributed by atoms with Gasteiger partial charge in [-0.2, -0.15) is 11.8 Å². The quantitative estimate of drug-likeness (QED) is 0.783. The number of hydrogen-bond donors (Lipinski definition) is 1. The maximum Gasteiger partial charge on any atom is 0.255 e. The van der Waals surface area contributed by atoms with Crippen molar-refractivity contribution in [3.63, 3.8) is 0 Å². The number of nitrogens with one attached hydrogen (secondary N) is 1. The van der Waals surface area contributed by atoms with Crippen LogP contribution >= 0.6 is 11.8 Å². The third-order valence-corrected chi connectivity index (χ3v) is 4.35. The topological polar surface area (TPSA) is 38.3 Å². The van der Waals surface area contributed by atoms with E-state index in [0.717, 1.165) is 5.56 Å². The minimum atomic E-state index is -0.187. The van der Waals surface area contributed by atoms with Crippen molar-refractivity contribution in [1.29, 1.82) is 0 Å². The number of halogens is 1. The number of benzene rings is 2. The van der Waals surface area contributed by atoms with Crippen LogP contribution in [0.4, 0.5) is 4.39 Å². The lowest BCUT2D eigenvalue weighted by molar-refractivity contribution is 0.0953. The standard InChI is InChI=1S/C18H20FNO2S/c1-13-7-8-17(22-2)15(11-13)18(21)20-9-10-23-12-14-5-3-4-6-16(14)19/h3-8,11H,9-10,12H2,1-2H3,(H,20,21). The van der Waals surface area contributed by atoms with Crippen LogP contribution in [0.2, 0.25) is 0 Å². The zero-order valence-corrected chi connectivity index (χ0v) is 14.1. The normalized spacial score (nSPS) is 10.4. The summed E-state index contributed by atoms with van der Waals surface area (Å²) in [4.78, 5) is 12.2. The Bertz CT molecular complexity index is 676. The summed E-state index contributed by atoms with van der Waals surface area (Å²) in [7, 11) is 1.55. The van der Waals surface area contributed by atoms with E-state index in [9.17, 15) is 9.18 Å². The molecule has 2 aromatic carbocycles. The summed E-state index contributed by atoms with van der Waals surface area (Å²) in [6.45, 7) is 2.45. The van der Waals surface area contributed by atoms with Gasteiger partial charge in [-0.25, -0.2) is 4.39 Å². The lowest BCUT2D eigenvalue weighted by atomic mass is 10.1. The highest BCUT2D eigenvalue weighted by molar-refractivity contribution is 7.98. The molecule has 0 spiro atoms. The maximum absolute atomic E-state index is 13.5. The predicted octanol–water partition coefficient (Wildman–Crippen LogP) is 3.81. The number of amides is 1. The number of carbonyl (C=O) groups is 1. The first-order valence-corrected chi connectivity index (χ1v) is 8.51. The fourth-order valence-corrected chi connectivity index (χ4v) is 2.97. The van der Waals surface area contributed by atoms with Crippen LogP contribution in [0.25, 0.3) is 0 Å². The molecule has 0 atom stereocenters. The number of methoxy groups -OCH3 is 1. The molecule has 3 nitrogen and oxygen atoms in total. The van der Waals surface area contributed by atoms with Crippen LogP contribution in [0.1, 0.15) is 21.5 Å². The van der Waals surface area contributed by atoms with Gasteiger partial charge < -0.3 is 10.1 Å². The van der Waals surface area contributed by atoms with Crippen molar-refractivity contribution in [3.8, 4) is 5.75 Å². The van der Waals surface area contributed by atoms with Crippen LogP contribution in [-0.2, 0) is 5.75 Å². The van der Waals surface area contributed by atoms with Gasteiger partial charge in [0, 0.05) is 18.1 Å². The molecule has 23 heavy (non-hydrogen) atoms. The van der Waals surface area contributed by atoms with Crippen molar-refractivity contribution >= 4 is 17.7 Å². The van der Waals surface area contributed by atoms with Crippen molar-refractivity contribution in [2.45, 2.75) is 12.7 Å². The molecular weight excluding hydrogens is 313 g/mol. The van der Waals surface area contributed by atoms with Crippen LogP contribution in [0.5, 0.6) is 5.75 Å². The van der Waals surface area contributed by atoms with E-state index in [0.29, 0.717) is 34.9 Å². The monoisotopic (exact) mass is 333 g/mol. The van der Waals surface area contributed by atoms with Crippen molar-refractivity contribution in [3.05, 3.63) is 65.0 Å². The Balaban J connectivity index is 1.79. The third kappa shape index (κ3) is 4.99. The minimum absolute atomic E-state index is 0.156. The van der Waals surface area contributed by atoms with Gasteiger partial charge in [-0.15, -0.1) is 0 Å². The Kier molecular flexibility index (Phi) is 6.47. The van der Waals surface area contributed by atoms with Crippen LogP contribution in [0, 0.1) is 12.7 Å². The van der Waals surface area contributed by atoms with Crippen molar-refractivity contribution < 1.29 is 13.9 Å². The summed E-state index contributed by atoms with van der Waals surface area (Å²) in [6, 6.07) is 12.2. The van der Waals surface area contributed by atoms with E-state index < -0.39 is 0 Å². The van der Waals surface area contributed by atoms with E-state index in [1.54, 1.807) is 43.1 Å². The smallest absolute Gasteiger partial charge is 0.255 e. The zero-order chi connectivity index (χ0) is 16.7. The molecule has 0 heterocycles. The van der Waals surface area contributed by atoms with Gasteiger partial charge in [0.2, 0.25) is 0 Å².